The van der Waals surface area contributed by atoms with Gasteiger partial charge in [0.25, 0.3) is 5.91 Å². The van der Waals surface area contributed by atoms with Crippen LogP contribution in [0.2, 0.25) is 0 Å². The van der Waals surface area contributed by atoms with Gasteiger partial charge < -0.3 is 10.6 Å². The highest BCUT2D eigenvalue weighted by Crippen LogP contribution is 2.12. The van der Waals surface area contributed by atoms with Gasteiger partial charge in [-0.05, 0) is 29.7 Å². The second kappa shape index (κ2) is 12.2. The molecule has 2 unspecified atom stereocenters. The van der Waals surface area contributed by atoms with Gasteiger partial charge in [0, 0.05) is 24.2 Å². The summed E-state index contributed by atoms with van der Waals surface area (Å²) in [6.45, 7) is 0. The molecule has 9 heteroatoms. The smallest absolute Gasteiger partial charge is 0.254 e. The molecule has 0 heterocycles. The molecular formula is C27H26F2N2O4S. The first-order valence-corrected chi connectivity index (χ1v) is 13.1. The monoisotopic (exact) mass is 512 g/mol. The van der Waals surface area contributed by atoms with Gasteiger partial charge in [-0.1, -0.05) is 66.7 Å². The summed E-state index contributed by atoms with van der Waals surface area (Å²) in [6, 6.07) is 18.8. The fraction of sp³-hybridized carbons (Fsp3) is 0.185. The van der Waals surface area contributed by atoms with E-state index in [0.29, 0.717) is 12.5 Å². The van der Waals surface area contributed by atoms with Crippen LogP contribution >= 0.6 is 0 Å². The van der Waals surface area contributed by atoms with Crippen LogP contribution in [0.4, 0.5) is 8.78 Å². The number of hydrogen-bond acceptors (Lipinski definition) is 4. The first-order valence-electron chi connectivity index (χ1n) is 11.1. The summed E-state index contributed by atoms with van der Waals surface area (Å²) < 4.78 is 50.8. The highest BCUT2D eigenvalue weighted by molar-refractivity contribution is 7.93. The Bertz CT molecular complexity index is 1330. The Morgan fingerprint density at radius 1 is 0.861 bits per heavy atom. The number of halogens is 2. The fourth-order valence-electron chi connectivity index (χ4n) is 3.52. The molecule has 0 aliphatic rings. The quantitative estimate of drug-likeness (QED) is 0.434. The van der Waals surface area contributed by atoms with E-state index in [2.05, 4.69) is 10.6 Å². The average Bonchev–Trinajstić information content (AvgIpc) is 2.83. The zero-order chi connectivity index (χ0) is 26.1. The summed E-state index contributed by atoms with van der Waals surface area (Å²) in [5, 5.41) is 6.32. The Kier molecular flexibility index (Phi) is 9.08. The lowest BCUT2D eigenvalue weighted by Crippen LogP contribution is -2.51. The fourth-order valence-corrected chi connectivity index (χ4v) is 4.00. The van der Waals surface area contributed by atoms with Gasteiger partial charge in [0.1, 0.15) is 17.7 Å². The Morgan fingerprint density at radius 2 is 1.44 bits per heavy atom. The van der Waals surface area contributed by atoms with Crippen molar-refractivity contribution in [3.63, 3.8) is 0 Å². The maximum Gasteiger partial charge on any atom is 0.254 e. The number of carbonyl (C=O) groups excluding carboxylic acids is 2. The Hall–Kier alpha value is -3.85. The Morgan fingerprint density at radius 3 is 2.00 bits per heavy atom. The summed E-state index contributed by atoms with van der Waals surface area (Å²) in [4.78, 5) is 26.1. The summed E-state index contributed by atoms with van der Waals surface area (Å²) in [7, 11) is -3.45. The molecule has 3 aromatic carbocycles. The van der Waals surface area contributed by atoms with Crippen LogP contribution in [-0.4, -0.2) is 38.6 Å². The van der Waals surface area contributed by atoms with Gasteiger partial charge in [-0.3, -0.25) is 9.59 Å². The Labute approximate surface area is 209 Å². The van der Waals surface area contributed by atoms with Gasteiger partial charge in [0.05, 0.1) is 11.6 Å². The molecule has 2 N–H and O–H groups in total. The van der Waals surface area contributed by atoms with E-state index in [1.165, 1.54) is 6.08 Å². The van der Waals surface area contributed by atoms with Gasteiger partial charge in [0.15, 0.2) is 9.84 Å². The topological polar surface area (TPSA) is 92.3 Å². The largest absolute Gasteiger partial charge is 0.348 e. The van der Waals surface area contributed by atoms with Crippen molar-refractivity contribution in [3.8, 4) is 0 Å². The molecule has 3 aromatic rings. The van der Waals surface area contributed by atoms with Crippen LogP contribution in [0.25, 0.3) is 0 Å². The molecule has 36 heavy (non-hydrogen) atoms. The normalized spacial score (nSPS) is 13.2. The molecule has 0 aliphatic heterocycles. The molecule has 0 radical (unpaired) electrons. The molecule has 0 aliphatic carbocycles. The van der Waals surface area contributed by atoms with Crippen molar-refractivity contribution in [1.82, 2.24) is 10.6 Å². The van der Waals surface area contributed by atoms with Crippen LogP contribution in [0.1, 0.15) is 21.5 Å². The van der Waals surface area contributed by atoms with E-state index in [4.69, 9.17) is 0 Å². The summed E-state index contributed by atoms with van der Waals surface area (Å²) in [5.41, 5.74) is 1.20. The number of hydrogen-bond donors (Lipinski definition) is 2. The molecule has 2 atom stereocenters. The molecule has 3 rings (SSSR count). The summed E-state index contributed by atoms with van der Waals surface area (Å²) in [6.07, 6.45) is 2.81. The first kappa shape index (κ1) is 26.7. The standard InChI is InChI=1S/C27H26F2N2O4S/c1-36(34,35)15-14-22(16-19-8-4-2-5-9-19)30-27(33)25(17-20-10-6-3-7-11-20)31-26(32)23-13-12-21(28)18-24(23)29/h2-15,18,22,25H,16-17H2,1H3,(H,30,33)(H,31,32)/b15-14+. The van der Waals surface area contributed by atoms with E-state index < -0.39 is 50.9 Å². The van der Waals surface area contributed by atoms with E-state index in [1.807, 2.05) is 30.3 Å². The van der Waals surface area contributed by atoms with Crippen LogP contribution in [0.3, 0.4) is 0 Å². The lowest BCUT2D eigenvalue weighted by atomic mass is 10.0. The van der Waals surface area contributed by atoms with Crippen LogP contribution < -0.4 is 10.6 Å². The van der Waals surface area contributed by atoms with Gasteiger partial charge in [0.2, 0.25) is 5.91 Å². The van der Waals surface area contributed by atoms with Gasteiger partial charge >= 0.3 is 0 Å². The first-order chi connectivity index (χ1) is 17.1. The molecular weight excluding hydrogens is 486 g/mol. The van der Waals surface area contributed by atoms with Gasteiger partial charge in [-0.2, -0.15) is 0 Å². The van der Waals surface area contributed by atoms with Crippen LogP contribution in [-0.2, 0) is 27.5 Å². The molecule has 0 spiro atoms. The van der Waals surface area contributed by atoms with Gasteiger partial charge in [-0.15, -0.1) is 0 Å². The number of sulfone groups is 1. The molecule has 0 fully saturated rings. The van der Waals surface area contributed by atoms with E-state index in [0.717, 1.165) is 34.9 Å². The third kappa shape index (κ3) is 8.42. The van der Waals surface area contributed by atoms with E-state index in [9.17, 15) is 26.8 Å². The third-order valence-electron chi connectivity index (χ3n) is 5.26. The third-order valence-corrected chi connectivity index (χ3v) is 5.92. The lowest BCUT2D eigenvalue weighted by molar-refractivity contribution is -0.123. The molecule has 6 nitrogen and oxygen atoms in total. The molecule has 0 aromatic heterocycles. The predicted molar refractivity (Wildman–Crippen MR) is 134 cm³/mol. The summed E-state index contributed by atoms with van der Waals surface area (Å²) >= 11 is 0. The van der Waals surface area contributed by atoms with Crippen molar-refractivity contribution >= 4 is 21.7 Å². The van der Waals surface area contributed by atoms with Gasteiger partial charge in [-0.25, -0.2) is 17.2 Å². The number of amides is 2. The number of benzene rings is 3. The maximum absolute atomic E-state index is 14.2. The van der Waals surface area contributed by atoms with Crippen LogP contribution in [0.5, 0.6) is 0 Å². The van der Waals surface area contributed by atoms with Crippen molar-refractivity contribution in [1.29, 1.82) is 0 Å². The lowest BCUT2D eigenvalue weighted by Gasteiger charge is -2.22. The van der Waals surface area contributed by atoms with Crippen LogP contribution in [0.15, 0.2) is 90.3 Å². The minimum absolute atomic E-state index is 0.0923. The van der Waals surface area contributed by atoms with Crippen molar-refractivity contribution in [2.24, 2.45) is 0 Å². The van der Waals surface area contributed by atoms with E-state index in [-0.39, 0.29) is 6.42 Å². The molecule has 2 amide bonds. The van der Waals surface area contributed by atoms with E-state index in [1.54, 1.807) is 30.3 Å². The van der Waals surface area contributed by atoms with Crippen molar-refractivity contribution in [2.75, 3.05) is 6.26 Å². The number of carbonyl (C=O) groups is 2. The second-order valence-electron chi connectivity index (χ2n) is 8.30. The van der Waals surface area contributed by atoms with Crippen molar-refractivity contribution < 1.29 is 26.8 Å². The van der Waals surface area contributed by atoms with Crippen molar-refractivity contribution in [3.05, 3.63) is 119 Å². The van der Waals surface area contributed by atoms with E-state index >= 15 is 0 Å². The Balaban J connectivity index is 1.85. The SMILES string of the molecule is CS(=O)(=O)/C=C/C(Cc1ccccc1)NC(=O)C(Cc1ccccc1)NC(=O)c1ccc(F)cc1F. The molecule has 0 saturated heterocycles. The number of nitrogens with one attached hydrogen (secondary N) is 2. The molecule has 0 bridgehead atoms. The summed E-state index contributed by atoms with van der Waals surface area (Å²) in [5.74, 6) is -3.35. The maximum atomic E-state index is 14.2. The zero-order valence-corrected chi connectivity index (χ0v) is 20.3. The average molecular weight is 513 g/mol. The molecule has 0 saturated carbocycles. The zero-order valence-electron chi connectivity index (χ0n) is 19.5. The highest BCUT2D eigenvalue weighted by Gasteiger charge is 2.25. The van der Waals surface area contributed by atoms with Crippen LogP contribution in [0, 0.1) is 11.6 Å². The highest BCUT2D eigenvalue weighted by atomic mass is 32.2. The van der Waals surface area contributed by atoms with Crippen molar-refractivity contribution in [2.45, 2.75) is 24.9 Å². The predicted octanol–water partition coefficient (Wildman–Crippen LogP) is 3.59. The number of rotatable bonds is 10. The minimum atomic E-state index is -3.45. The minimum Gasteiger partial charge on any atom is -0.348 e. The second-order valence-corrected chi connectivity index (χ2v) is 10.2. The molecule has 188 valence electrons.